The van der Waals surface area contributed by atoms with Gasteiger partial charge in [-0.25, -0.2) is 8.42 Å². The van der Waals surface area contributed by atoms with Gasteiger partial charge in [-0.2, -0.15) is 4.31 Å². The average Bonchev–Trinajstić information content (AvgIpc) is 2.79. The predicted octanol–water partition coefficient (Wildman–Crippen LogP) is 4.54. The first-order chi connectivity index (χ1) is 14.9. The Bertz CT molecular complexity index is 1070. The molecule has 1 aliphatic carbocycles. The van der Waals surface area contributed by atoms with Crippen LogP contribution in [-0.4, -0.2) is 31.7 Å². The Morgan fingerprint density at radius 2 is 1.65 bits per heavy atom. The molecule has 1 amide bonds. The largest absolute Gasteiger partial charge is 0.346 e. The summed E-state index contributed by atoms with van der Waals surface area (Å²) in [6.45, 7) is 4.86. The number of hydrogen-bond acceptors (Lipinski definition) is 3. The van der Waals surface area contributed by atoms with Crippen LogP contribution < -0.4 is 5.32 Å². The van der Waals surface area contributed by atoms with Gasteiger partial charge in [0, 0.05) is 18.7 Å². The fourth-order valence-corrected chi connectivity index (χ4v) is 6.42. The molecule has 1 aliphatic heterocycles. The van der Waals surface area contributed by atoms with Crippen LogP contribution in [0.3, 0.4) is 0 Å². The fraction of sp³-hybridized carbons (Fsp3) is 0.480. The number of carbonyl (C=O) groups is 1. The fourth-order valence-electron chi connectivity index (χ4n) is 4.65. The van der Waals surface area contributed by atoms with Gasteiger partial charge in [-0.3, -0.25) is 4.79 Å². The maximum atomic E-state index is 13.2. The van der Waals surface area contributed by atoms with E-state index in [4.69, 9.17) is 0 Å². The van der Waals surface area contributed by atoms with E-state index in [2.05, 4.69) is 23.5 Å². The topological polar surface area (TPSA) is 66.5 Å². The van der Waals surface area contributed by atoms with Crippen LogP contribution in [0, 0.1) is 6.92 Å². The Morgan fingerprint density at radius 1 is 0.935 bits per heavy atom. The summed E-state index contributed by atoms with van der Waals surface area (Å²) < 4.78 is 27.9. The third kappa shape index (κ3) is 4.70. The minimum atomic E-state index is -3.59. The smallest absolute Gasteiger partial charge is 0.251 e. The minimum Gasteiger partial charge on any atom is -0.346 e. The molecule has 0 bridgehead atoms. The quantitative estimate of drug-likeness (QED) is 0.742. The molecule has 0 radical (unpaired) electrons. The molecule has 2 aliphatic rings. The van der Waals surface area contributed by atoms with Gasteiger partial charge in [0.25, 0.3) is 5.91 Å². The number of fused-ring (bicyclic) bond motifs is 1. The van der Waals surface area contributed by atoms with Crippen molar-refractivity contribution in [1.29, 1.82) is 0 Å². The standard InChI is InChI=1S/C25H32N2O3S/c1-18-10-11-23(17-24(18)31(29,30)27-14-6-3-7-15-27)25(28)26-19(2)21-13-12-20-8-4-5-9-22(20)16-21/h10-13,16-17,19H,3-9,14-15H2,1-2H3,(H,26,28)/t19-/m0/s1. The molecule has 0 saturated carbocycles. The van der Waals surface area contributed by atoms with Crippen molar-refractivity contribution >= 4 is 15.9 Å². The van der Waals surface area contributed by atoms with E-state index >= 15 is 0 Å². The molecule has 1 N–H and O–H groups in total. The summed E-state index contributed by atoms with van der Waals surface area (Å²) in [6, 6.07) is 11.3. The van der Waals surface area contributed by atoms with Gasteiger partial charge in [-0.05, 0) is 86.8 Å². The van der Waals surface area contributed by atoms with E-state index in [0.717, 1.165) is 37.7 Å². The molecule has 1 atom stereocenters. The molecular formula is C25H32N2O3S. The highest BCUT2D eigenvalue weighted by Gasteiger charge is 2.28. The van der Waals surface area contributed by atoms with Gasteiger partial charge in [0.1, 0.15) is 0 Å². The van der Waals surface area contributed by atoms with Gasteiger partial charge in [0.05, 0.1) is 10.9 Å². The second-order valence-electron chi connectivity index (χ2n) is 8.88. The van der Waals surface area contributed by atoms with E-state index in [1.807, 2.05) is 6.92 Å². The summed E-state index contributed by atoms with van der Waals surface area (Å²) in [5.41, 5.74) is 4.94. The lowest BCUT2D eigenvalue weighted by Crippen LogP contribution is -2.36. The summed E-state index contributed by atoms with van der Waals surface area (Å²) in [5, 5.41) is 3.05. The van der Waals surface area contributed by atoms with Crippen LogP contribution in [0.5, 0.6) is 0 Å². The van der Waals surface area contributed by atoms with Crippen LogP contribution in [0.15, 0.2) is 41.3 Å². The minimum absolute atomic E-state index is 0.150. The highest BCUT2D eigenvalue weighted by atomic mass is 32.2. The molecule has 31 heavy (non-hydrogen) atoms. The monoisotopic (exact) mass is 440 g/mol. The van der Waals surface area contributed by atoms with Gasteiger partial charge < -0.3 is 5.32 Å². The number of sulfonamides is 1. The number of amides is 1. The second-order valence-corrected chi connectivity index (χ2v) is 10.8. The zero-order valence-electron chi connectivity index (χ0n) is 18.5. The van der Waals surface area contributed by atoms with Crippen LogP contribution in [0.25, 0.3) is 0 Å². The Hall–Kier alpha value is -2.18. The number of nitrogens with zero attached hydrogens (tertiary/aromatic N) is 1. The molecule has 2 aromatic carbocycles. The maximum Gasteiger partial charge on any atom is 0.251 e. The van der Waals surface area contributed by atoms with Crippen molar-refractivity contribution < 1.29 is 13.2 Å². The average molecular weight is 441 g/mol. The highest BCUT2D eigenvalue weighted by Crippen LogP contribution is 2.26. The lowest BCUT2D eigenvalue weighted by Gasteiger charge is -2.26. The Balaban J connectivity index is 1.53. The summed E-state index contributed by atoms with van der Waals surface area (Å²) in [6.07, 6.45) is 7.53. The number of benzene rings is 2. The van der Waals surface area contributed by atoms with E-state index in [-0.39, 0.29) is 16.8 Å². The van der Waals surface area contributed by atoms with Gasteiger partial charge in [0.15, 0.2) is 0 Å². The molecule has 2 aromatic rings. The molecule has 0 aromatic heterocycles. The summed E-state index contributed by atoms with van der Waals surface area (Å²) in [4.78, 5) is 13.2. The maximum absolute atomic E-state index is 13.2. The Morgan fingerprint density at radius 3 is 2.39 bits per heavy atom. The molecule has 0 spiro atoms. The van der Waals surface area contributed by atoms with Crippen LogP contribution in [0.4, 0.5) is 0 Å². The molecular weight excluding hydrogens is 408 g/mol. The van der Waals surface area contributed by atoms with Gasteiger partial charge in [-0.15, -0.1) is 0 Å². The summed E-state index contributed by atoms with van der Waals surface area (Å²) in [5.74, 6) is -0.250. The first-order valence-electron chi connectivity index (χ1n) is 11.4. The van der Waals surface area contributed by atoms with Crippen molar-refractivity contribution in [2.75, 3.05) is 13.1 Å². The van der Waals surface area contributed by atoms with Crippen LogP contribution in [-0.2, 0) is 22.9 Å². The number of nitrogens with one attached hydrogen (secondary N) is 1. The lowest BCUT2D eigenvalue weighted by molar-refractivity contribution is 0.0939. The first kappa shape index (κ1) is 22.0. The summed E-state index contributed by atoms with van der Waals surface area (Å²) in [7, 11) is -3.59. The number of aryl methyl sites for hydroxylation is 3. The van der Waals surface area contributed by atoms with Gasteiger partial charge in [0.2, 0.25) is 10.0 Å². The highest BCUT2D eigenvalue weighted by molar-refractivity contribution is 7.89. The van der Waals surface area contributed by atoms with E-state index in [9.17, 15) is 13.2 Å². The number of piperidine rings is 1. The molecule has 0 unspecified atom stereocenters. The number of hydrogen-bond donors (Lipinski definition) is 1. The van der Waals surface area contributed by atoms with Crippen molar-refractivity contribution in [3.05, 3.63) is 64.2 Å². The number of carbonyl (C=O) groups excluding carboxylic acids is 1. The van der Waals surface area contributed by atoms with Crippen LogP contribution >= 0.6 is 0 Å². The summed E-state index contributed by atoms with van der Waals surface area (Å²) >= 11 is 0. The van der Waals surface area contributed by atoms with Crippen molar-refractivity contribution in [2.24, 2.45) is 0 Å². The van der Waals surface area contributed by atoms with E-state index in [1.165, 1.54) is 30.0 Å². The van der Waals surface area contributed by atoms with E-state index < -0.39 is 10.0 Å². The van der Waals surface area contributed by atoms with Crippen molar-refractivity contribution in [3.8, 4) is 0 Å². The molecule has 1 heterocycles. The molecule has 5 nitrogen and oxygen atoms in total. The zero-order chi connectivity index (χ0) is 22.0. The van der Waals surface area contributed by atoms with Crippen molar-refractivity contribution in [3.63, 3.8) is 0 Å². The van der Waals surface area contributed by atoms with Crippen LogP contribution in [0.2, 0.25) is 0 Å². The molecule has 6 heteroatoms. The molecule has 1 saturated heterocycles. The second kappa shape index (κ2) is 9.13. The normalized spacial score (nSPS) is 18.3. The van der Waals surface area contributed by atoms with Crippen molar-refractivity contribution in [2.45, 2.75) is 69.7 Å². The number of rotatable bonds is 5. The van der Waals surface area contributed by atoms with Gasteiger partial charge >= 0.3 is 0 Å². The lowest BCUT2D eigenvalue weighted by atomic mass is 9.89. The molecule has 1 fully saturated rings. The zero-order valence-corrected chi connectivity index (χ0v) is 19.3. The van der Waals surface area contributed by atoms with Gasteiger partial charge in [-0.1, -0.05) is 30.7 Å². The van der Waals surface area contributed by atoms with E-state index in [1.54, 1.807) is 23.4 Å². The van der Waals surface area contributed by atoms with Crippen LogP contribution in [0.1, 0.15) is 77.7 Å². The third-order valence-electron chi connectivity index (χ3n) is 6.60. The van der Waals surface area contributed by atoms with E-state index in [0.29, 0.717) is 24.2 Å². The Labute approximate surface area is 185 Å². The SMILES string of the molecule is Cc1ccc(C(=O)N[C@@H](C)c2ccc3c(c2)CCCC3)cc1S(=O)(=O)N1CCCCC1. The molecule has 166 valence electrons. The van der Waals surface area contributed by atoms with Crippen molar-refractivity contribution in [1.82, 2.24) is 9.62 Å². The Kier molecular flexibility index (Phi) is 6.49. The molecule has 4 rings (SSSR count). The first-order valence-corrected chi connectivity index (χ1v) is 12.8. The third-order valence-corrected chi connectivity index (χ3v) is 8.64. The predicted molar refractivity (Wildman–Crippen MR) is 123 cm³/mol.